The summed E-state index contributed by atoms with van der Waals surface area (Å²) in [5.74, 6) is -0.609. The van der Waals surface area contributed by atoms with Crippen LogP contribution in [0.5, 0.6) is 0 Å². The fourth-order valence-electron chi connectivity index (χ4n) is 3.84. The van der Waals surface area contributed by atoms with Crippen LogP contribution in [0, 0.1) is 18.7 Å². The second-order valence-corrected chi connectivity index (χ2v) is 11.4. The predicted octanol–water partition coefficient (Wildman–Crippen LogP) is 4.26. The summed E-state index contributed by atoms with van der Waals surface area (Å²) >= 11 is 0. The van der Waals surface area contributed by atoms with Crippen molar-refractivity contribution in [2.24, 2.45) is 5.92 Å². The maximum absolute atomic E-state index is 13.4. The Morgan fingerprint density at radius 3 is 2.17 bits per heavy atom. The molecule has 0 aliphatic heterocycles. The molecule has 0 bridgehead atoms. The van der Waals surface area contributed by atoms with Crippen molar-refractivity contribution in [1.29, 1.82) is 0 Å². The third-order valence-electron chi connectivity index (χ3n) is 5.81. The Bertz CT molecular complexity index is 1100. The Balaban J connectivity index is 2.19. The molecule has 198 valence electrons. The molecule has 9 heteroatoms. The minimum atomic E-state index is -3.63. The van der Waals surface area contributed by atoms with Crippen molar-refractivity contribution in [3.05, 3.63) is 65.5 Å². The lowest BCUT2D eigenvalue weighted by molar-refractivity contribution is -0.141. The first kappa shape index (κ1) is 29.3. The number of sulfonamides is 1. The highest BCUT2D eigenvalue weighted by atomic mass is 32.2. The molecule has 36 heavy (non-hydrogen) atoms. The SMILES string of the molecule is CC[C@H](C(=O)NCC(C)C)N(Cc1ccc(C)cc1)C(=O)CCCN(c1ccc(F)cc1)S(C)(=O)=O. The monoisotopic (exact) mass is 519 g/mol. The average molecular weight is 520 g/mol. The highest BCUT2D eigenvalue weighted by molar-refractivity contribution is 7.92. The van der Waals surface area contributed by atoms with E-state index in [4.69, 9.17) is 0 Å². The fraction of sp³-hybridized carbons (Fsp3) is 0.481. The van der Waals surface area contributed by atoms with Crippen LogP contribution in [0.1, 0.15) is 51.2 Å². The second kappa shape index (κ2) is 13.4. The number of carbonyl (C=O) groups is 2. The van der Waals surface area contributed by atoms with Gasteiger partial charge in [0.2, 0.25) is 21.8 Å². The number of hydrogen-bond acceptors (Lipinski definition) is 4. The largest absolute Gasteiger partial charge is 0.354 e. The van der Waals surface area contributed by atoms with Crippen LogP contribution in [0.2, 0.25) is 0 Å². The fourth-order valence-corrected chi connectivity index (χ4v) is 4.81. The number of nitrogens with zero attached hydrogens (tertiary/aromatic N) is 2. The van der Waals surface area contributed by atoms with Crippen molar-refractivity contribution in [1.82, 2.24) is 10.2 Å². The van der Waals surface area contributed by atoms with Crippen molar-refractivity contribution in [2.45, 2.75) is 59.5 Å². The van der Waals surface area contributed by atoms with Crippen LogP contribution < -0.4 is 9.62 Å². The summed E-state index contributed by atoms with van der Waals surface area (Å²) in [6, 6.07) is 12.4. The smallest absolute Gasteiger partial charge is 0.242 e. The molecule has 7 nitrogen and oxygen atoms in total. The molecule has 0 aliphatic carbocycles. The zero-order chi connectivity index (χ0) is 26.9. The highest BCUT2D eigenvalue weighted by Crippen LogP contribution is 2.20. The number of amides is 2. The number of carbonyl (C=O) groups excluding carboxylic acids is 2. The van der Waals surface area contributed by atoms with Gasteiger partial charge in [-0.15, -0.1) is 0 Å². The van der Waals surface area contributed by atoms with Gasteiger partial charge < -0.3 is 10.2 Å². The van der Waals surface area contributed by atoms with E-state index in [-0.39, 0.29) is 43.7 Å². The van der Waals surface area contributed by atoms with Crippen LogP contribution in [0.25, 0.3) is 0 Å². The van der Waals surface area contributed by atoms with Crippen LogP contribution in [0.3, 0.4) is 0 Å². The molecule has 2 aromatic carbocycles. The van der Waals surface area contributed by atoms with Crippen molar-refractivity contribution < 1.29 is 22.4 Å². The van der Waals surface area contributed by atoms with E-state index >= 15 is 0 Å². The van der Waals surface area contributed by atoms with Gasteiger partial charge in [-0.3, -0.25) is 13.9 Å². The maximum atomic E-state index is 13.4. The minimum absolute atomic E-state index is 0.0604. The summed E-state index contributed by atoms with van der Waals surface area (Å²) in [7, 11) is -3.63. The van der Waals surface area contributed by atoms with Crippen LogP contribution in [-0.4, -0.2) is 50.5 Å². The van der Waals surface area contributed by atoms with E-state index in [1.165, 1.54) is 24.3 Å². The summed E-state index contributed by atoms with van der Waals surface area (Å²) in [5.41, 5.74) is 2.34. The van der Waals surface area contributed by atoms with Crippen molar-refractivity contribution >= 4 is 27.5 Å². The van der Waals surface area contributed by atoms with E-state index in [1.807, 2.05) is 52.0 Å². The number of benzene rings is 2. The summed E-state index contributed by atoms with van der Waals surface area (Å²) in [6.07, 6.45) is 1.84. The van der Waals surface area contributed by atoms with E-state index in [2.05, 4.69) is 5.32 Å². The topological polar surface area (TPSA) is 86.8 Å². The summed E-state index contributed by atoms with van der Waals surface area (Å²) < 4.78 is 39.2. The zero-order valence-electron chi connectivity index (χ0n) is 21.8. The molecule has 0 unspecified atom stereocenters. The number of anilines is 1. The van der Waals surface area contributed by atoms with Gasteiger partial charge in [-0.05, 0) is 55.5 Å². The van der Waals surface area contributed by atoms with Gasteiger partial charge >= 0.3 is 0 Å². The van der Waals surface area contributed by atoms with E-state index < -0.39 is 21.9 Å². The predicted molar refractivity (Wildman–Crippen MR) is 141 cm³/mol. The molecule has 1 N–H and O–H groups in total. The van der Waals surface area contributed by atoms with Gasteiger partial charge in [-0.1, -0.05) is 50.6 Å². The highest BCUT2D eigenvalue weighted by Gasteiger charge is 2.29. The average Bonchev–Trinajstić information content (AvgIpc) is 2.81. The number of aryl methyl sites for hydroxylation is 1. The summed E-state index contributed by atoms with van der Waals surface area (Å²) in [5, 5.41) is 2.93. The molecule has 2 amide bonds. The standard InChI is InChI=1S/C27H38FN3O4S/c1-6-25(27(33)29-18-20(2)3)30(19-22-11-9-21(4)10-12-22)26(32)8-7-17-31(36(5,34)35)24-15-13-23(28)14-16-24/h9-16,20,25H,6-8,17-19H2,1-5H3,(H,29,33)/t25-/m1/s1. The van der Waals surface area contributed by atoms with E-state index in [1.54, 1.807) is 4.90 Å². The normalized spacial score (nSPS) is 12.3. The molecule has 0 saturated carbocycles. The Morgan fingerprint density at radius 1 is 1.03 bits per heavy atom. The van der Waals surface area contributed by atoms with Gasteiger partial charge in [0.05, 0.1) is 11.9 Å². The van der Waals surface area contributed by atoms with Gasteiger partial charge in [0.1, 0.15) is 11.9 Å². The number of nitrogens with one attached hydrogen (secondary N) is 1. The first-order valence-electron chi connectivity index (χ1n) is 12.3. The lowest BCUT2D eigenvalue weighted by Gasteiger charge is -2.31. The van der Waals surface area contributed by atoms with Crippen molar-refractivity contribution in [3.8, 4) is 0 Å². The van der Waals surface area contributed by atoms with Crippen molar-refractivity contribution in [3.63, 3.8) is 0 Å². The second-order valence-electron chi connectivity index (χ2n) is 9.49. The van der Waals surface area contributed by atoms with E-state index in [9.17, 15) is 22.4 Å². The van der Waals surface area contributed by atoms with Gasteiger partial charge in [-0.2, -0.15) is 0 Å². The Hall–Kier alpha value is -2.94. The Kier molecular flexibility index (Phi) is 10.9. The maximum Gasteiger partial charge on any atom is 0.242 e. The number of rotatable bonds is 13. The van der Waals surface area contributed by atoms with Gasteiger partial charge in [0.15, 0.2) is 0 Å². The quantitative estimate of drug-likeness (QED) is 0.428. The first-order chi connectivity index (χ1) is 16.9. The Labute approximate surface area is 214 Å². The van der Waals surface area contributed by atoms with Gasteiger partial charge in [-0.25, -0.2) is 12.8 Å². The summed E-state index contributed by atoms with van der Waals surface area (Å²) in [6.45, 7) is 8.72. The molecule has 0 saturated heterocycles. The third kappa shape index (κ3) is 8.93. The van der Waals surface area contributed by atoms with E-state index in [0.29, 0.717) is 18.7 Å². The summed E-state index contributed by atoms with van der Waals surface area (Å²) in [4.78, 5) is 28.0. The lowest BCUT2D eigenvalue weighted by Crippen LogP contribution is -2.49. The molecule has 1 atom stereocenters. The molecule has 2 aromatic rings. The molecule has 0 radical (unpaired) electrons. The van der Waals surface area contributed by atoms with Crippen LogP contribution in [-0.2, 0) is 26.2 Å². The van der Waals surface area contributed by atoms with Crippen LogP contribution in [0.4, 0.5) is 10.1 Å². The van der Waals surface area contributed by atoms with Crippen molar-refractivity contribution in [2.75, 3.05) is 23.7 Å². The minimum Gasteiger partial charge on any atom is -0.354 e. The first-order valence-corrected chi connectivity index (χ1v) is 14.1. The molecular weight excluding hydrogens is 481 g/mol. The third-order valence-corrected chi connectivity index (χ3v) is 7.00. The molecule has 2 rings (SSSR count). The van der Waals surface area contributed by atoms with E-state index in [0.717, 1.165) is 21.7 Å². The number of hydrogen-bond donors (Lipinski definition) is 1. The number of halogens is 1. The molecule has 0 aromatic heterocycles. The molecule has 0 fully saturated rings. The lowest BCUT2D eigenvalue weighted by atomic mass is 10.1. The van der Waals surface area contributed by atoms with Crippen LogP contribution in [0.15, 0.2) is 48.5 Å². The molecule has 0 aliphatic rings. The molecular formula is C27H38FN3O4S. The van der Waals surface area contributed by atoms with Crippen LogP contribution >= 0.6 is 0 Å². The van der Waals surface area contributed by atoms with Gasteiger partial charge in [0, 0.05) is 26.1 Å². The zero-order valence-corrected chi connectivity index (χ0v) is 22.6. The molecule has 0 spiro atoms. The Morgan fingerprint density at radius 2 is 1.64 bits per heavy atom. The molecule has 0 heterocycles. The van der Waals surface area contributed by atoms with Gasteiger partial charge in [0.25, 0.3) is 0 Å².